The minimum atomic E-state index is -0.112. The topological polar surface area (TPSA) is 36.9 Å². The van der Waals surface area contributed by atoms with E-state index in [1.54, 1.807) is 0 Å². The summed E-state index contributed by atoms with van der Waals surface area (Å²) in [7, 11) is 0. The molecule has 0 aromatic rings. The molecule has 148 valence electrons. The van der Waals surface area contributed by atoms with Crippen LogP contribution in [0.5, 0.6) is 0 Å². The van der Waals surface area contributed by atoms with Gasteiger partial charge in [0, 0.05) is 13.2 Å². The van der Waals surface area contributed by atoms with Gasteiger partial charge in [-0.25, -0.2) is 0 Å². The standard InChI is InChI=1S/C22H36O4/c1-5-23-13(3)25-11-19-17-10-18(20(19)12-26-14(4)24-6-2)22-16-8-7-15(9-16)21(17)22/h7-8,13-22H,5-6,9-12H2,1-4H3. The van der Waals surface area contributed by atoms with E-state index in [-0.39, 0.29) is 12.6 Å². The number of rotatable bonds is 10. The van der Waals surface area contributed by atoms with Crippen molar-refractivity contribution in [1.82, 2.24) is 0 Å². The van der Waals surface area contributed by atoms with Gasteiger partial charge in [-0.05, 0) is 87.9 Å². The maximum Gasteiger partial charge on any atom is 0.154 e. The first-order valence-corrected chi connectivity index (χ1v) is 10.8. The monoisotopic (exact) mass is 364 g/mol. The molecule has 0 aliphatic heterocycles. The number of fused-ring (bicyclic) bond motifs is 9. The Kier molecular flexibility index (Phi) is 5.75. The number of hydrogen-bond donors (Lipinski definition) is 0. The summed E-state index contributed by atoms with van der Waals surface area (Å²) >= 11 is 0. The molecule has 4 bridgehead atoms. The van der Waals surface area contributed by atoms with Crippen LogP contribution in [0.15, 0.2) is 12.2 Å². The first-order chi connectivity index (χ1) is 12.6. The van der Waals surface area contributed by atoms with Crippen molar-refractivity contribution in [3.63, 3.8) is 0 Å². The first kappa shape index (κ1) is 18.9. The molecule has 0 aromatic carbocycles. The maximum absolute atomic E-state index is 6.11. The SMILES string of the molecule is CCOC(C)OCC1C(COC(C)OCC)C2CC1C1C3C=CC(C3)C21. The van der Waals surface area contributed by atoms with Gasteiger partial charge in [-0.2, -0.15) is 0 Å². The molecule has 0 aromatic heterocycles. The zero-order valence-electron chi connectivity index (χ0n) is 16.8. The Morgan fingerprint density at radius 2 is 1.19 bits per heavy atom. The highest BCUT2D eigenvalue weighted by molar-refractivity contribution is 5.21. The molecule has 0 spiro atoms. The van der Waals surface area contributed by atoms with E-state index in [0.717, 1.165) is 48.7 Å². The lowest BCUT2D eigenvalue weighted by Gasteiger charge is -2.42. The van der Waals surface area contributed by atoms with Crippen LogP contribution in [0.2, 0.25) is 0 Å². The van der Waals surface area contributed by atoms with Crippen LogP contribution >= 0.6 is 0 Å². The van der Waals surface area contributed by atoms with Gasteiger partial charge >= 0.3 is 0 Å². The molecule has 3 fully saturated rings. The van der Waals surface area contributed by atoms with Crippen LogP contribution in [0.25, 0.3) is 0 Å². The van der Waals surface area contributed by atoms with Crippen molar-refractivity contribution >= 4 is 0 Å². The van der Waals surface area contributed by atoms with Crippen molar-refractivity contribution in [3.8, 4) is 0 Å². The highest BCUT2D eigenvalue weighted by Gasteiger charge is 2.64. The van der Waals surface area contributed by atoms with E-state index < -0.39 is 0 Å². The smallest absolute Gasteiger partial charge is 0.154 e. The zero-order chi connectivity index (χ0) is 18.3. The fourth-order valence-electron chi connectivity index (χ4n) is 6.84. The molecule has 4 heteroatoms. The second kappa shape index (κ2) is 7.90. The molecule has 10 atom stereocenters. The molecule has 4 nitrogen and oxygen atoms in total. The van der Waals surface area contributed by atoms with Crippen molar-refractivity contribution < 1.29 is 18.9 Å². The van der Waals surface area contributed by atoms with Crippen LogP contribution in [0, 0.1) is 47.3 Å². The Hall–Kier alpha value is -0.420. The van der Waals surface area contributed by atoms with Crippen molar-refractivity contribution in [2.45, 2.75) is 53.1 Å². The van der Waals surface area contributed by atoms with E-state index in [1.165, 1.54) is 12.8 Å². The van der Waals surface area contributed by atoms with E-state index >= 15 is 0 Å². The van der Waals surface area contributed by atoms with E-state index in [9.17, 15) is 0 Å². The molecule has 10 unspecified atom stereocenters. The summed E-state index contributed by atoms with van der Waals surface area (Å²) in [6.45, 7) is 11.1. The molecule has 4 aliphatic rings. The molecule has 0 saturated heterocycles. The molecular weight excluding hydrogens is 328 g/mol. The molecule has 0 radical (unpaired) electrons. The van der Waals surface area contributed by atoms with Crippen LogP contribution in [0.3, 0.4) is 0 Å². The van der Waals surface area contributed by atoms with Crippen LogP contribution in [-0.4, -0.2) is 39.0 Å². The third-order valence-electron chi connectivity index (χ3n) is 7.62. The van der Waals surface area contributed by atoms with Crippen molar-refractivity contribution in [2.75, 3.05) is 26.4 Å². The average Bonchev–Trinajstić information content (AvgIpc) is 3.36. The minimum absolute atomic E-state index is 0.112. The third-order valence-corrected chi connectivity index (χ3v) is 7.62. The molecule has 4 rings (SSSR count). The van der Waals surface area contributed by atoms with Gasteiger partial charge in [0.1, 0.15) is 0 Å². The van der Waals surface area contributed by atoms with Crippen LogP contribution < -0.4 is 0 Å². The van der Waals surface area contributed by atoms with Crippen LogP contribution in [0.4, 0.5) is 0 Å². The highest BCUT2D eigenvalue weighted by Crippen LogP contribution is 2.68. The predicted octanol–water partition coefficient (Wildman–Crippen LogP) is 4.11. The lowest BCUT2D eigenvalue weighted by molar-refractivity contribution is -0.165. The Labute approximate surface area is 158 Å². The van der Waals surface area contributed by atoms with Crippen LogP contribution in [0.1, 0.15) is 40.5 Å². The second-order valence-corrected chi connectivity index (χ2v) is 8.71. The maximum atomic E-state index is 6.11. The Bertz CT molecular complexity index is 464. The van der Waals surface area contributed by atoms with Gasteiger partial charge in [0.15, 0.2) is 12.6 Å². The minimum Gasteiger partial charge on any atom is -0.353 e. The highest BCUT2D eigenvalue weighted by atomic mass is 16.7. The number of allylic oxidation sites excluding steroid dienone is 2. The first-order valence-electron chi connectivity index (χ1n) is 10.8. The predicted molar refractivity (Wildman–Crippen MR) is 100 cm³/mol. The van der Waals surface area contributed by atoms with Gasteiger partial charge in [0.05, 0.1) is 13.2 Å². The Morgan fingerprint density at radius 1 is 0.731 bits per heavy atom. The van der Waals surface area contributed by atoms with Gasteiger partial charge in [-0.3, -0.25) is 0 Å². The normalized spacial score (nSPS) is 44.6. The van der Waals surface area contributed by atoms with Gasteiger partial charge < -0.3 is 18.9 Å². The van der Waals surface area contributed by atoms with E-state index in [4.69, 9.17) is 18.9 Å². The summed E-state index contributed by atoms with van der Waals surface area (Å²) in [5, 5.41) is 0. The van der Waals surface area contributed by atoms with Gasteiger partial charge in [-0.1, -0.05) is 12.2 Å². The molecule has 3 saturated carbocycles. The summed E-state index contributed by atoms with van der Waals surface area (Å²) in [5.74, 6) is 6.26. The van der Waals surface area contributed by atoms with Crippen LogP contribution in [-0.2, 0) is 18.9 Å². The number of hydrogen-bond acceptors (Lipinski definition) is 4. The zero-order valence-corrected chi connectivity index (χ0v) is 16.8. The van der Waals surface area contributed by atoms with E-state index in [0.29, 0.717) is 25.0 Å². The molecule has 0 heterocycles. The van der Waals surface area contributed by atoms with E-state index in [2.05, 4.69) is 12.2 Å². The van der Waals surface area contributed by atoms with Gasteiger partial charge in [-0.15, -0.1) is 0 Å². The Balaban J connectivity index is 1.44. The van der Waals surface area contributed by atoms with Gasteiger partial charge in [0.25, 0.3) is 0 Å². The molecule has 4 aliphatic carbocycles. The molecule has 0 N–H and O–H groups in total. The lowest BCUT2D eigenvalue weighted by Crippen LogP contribution is -2.41. The fourth-order valence-corrected chi connectivity index (χ4v) is 6.84. The summed E-state index contributed by atoms with van der Waals surface area (Å²) in [6.07, 6.45) is 7.57. The lowest BCUT2D eigenvalue weighted by atomic mass is 9.65. The van der Waals surface area contributed by atoms with Crippen molar-refractivity contribution in [2.24, 2.45) is 47.3 Å². The molecule has 26 heavy (non-hydrogen) atoms. The van der Waals surface area contributed by atoms with Crippen molar-refractivity contribution in [1.29, 1.82) is 0 Å². The molecular formula is C22H36O4. The largest absolute Gasteiger partial charge is 0.353 e. The quantitative estimate of drug-likeness (QED) is 0.332. The fraction of sp³-hybridized carbons (Fsp3) is 0.909. The summed E-state index contributed by atoms with van der Waals surface area (Å²) in [4.78, 5) is 0. The number of ether oxygens (including phenoxy) is 4. The molecule has 0 amide bonds. The average molecular weight is 365 g/mol. The summed E-state index contributed by atoms with van der Waals surface area (Å²) < 4.78 is 23.4. The summed E-state index contributed by atoms with van der Waals surface area (Å²) in [5.41, 5.74) is 0. The van der Waals surface area contributed by atoms with Gasteiger partial charge in [0.2, 0.25) is 0 Å². The third kappa shape index (κ3) is 3.28. The summed E-state index contributed by atoms with van der Waals surface area (Å²) in [6, 6.07) is 0. The van der Waals surface area contributed by atoms with E-state index in [1.807, 2.05) is 27.7 Å². The second-order valence-electron chi connectivity index (χ2n) is 8.71. The Morgan fingerprint density at radius 3 is 1.62 bits per heavy atom. The van der Waals surface area contributed by atoms with Crippen molar-refractivity contribution in [3.05, 3.63) is 12.2 Å².